The molecule has 0 aliphatic rings. The van der Waals surface area contributed by atoms with Crippen molar-refractivity contribution in [2.24, 2.45) is 11.8 Å². The predicted molar refractivity (Wildman–Crippen MR) is 149 cm³/mol. The van der Waals surface area contributed by atoms with Crippen LogP contribution in [-0.4, -0.2) is 13.2 Å². The zero-order chi connectivity index (χ0) is 24.5. The standard InChI is InChI=1S/C32H46O2/c1-7-11-13-25(9-3)21-33-31-27-17-15-24(6)20-30(27)32(28-18-16-23(5)19-29(28)31)34-22-26(10-4)14-12-8-2/h15-20,25-26H,7-14,21-22H2,1-6H3. The lowest BCUT2D eigenvalue weighted by Crippen LogP contribution is -2.13. The first kappa shape index (κ1) is 26.4. The molecule has 2 unspecified atom stereocenters. The SMILES string of the molecule is CCCCC(CC)COc1c2ccc(C)cc2c(OCC(CC)CCCC)c2ccc(C)cc12. The summed E-state index contributed by atoms with van der Waals surface area (Å²) in [6.07, 6.45) is 9.80. The largest absolute Gasteiger partial charge is 0.492 e. The van der Waals surface area contributed by atoms with Crippen LogP contribution in [0.5, 0.6) is 11.5 Å². The van der Waals surface area contributed by atoms with Crippen LogP contribution in [0.2, 0.25) is 0 Å². The minimum Gasteiger partial charge on any atom is -0.492 e. The van der Waals surface area contributed by atoms with E-state index >= 15 is 0 Å². The first-order chi connectivity index (χ1) is 16.5. The zero-order valence-corrected chi connectivity index (χ0v) is 22.5. The molecule has 3 aromatic carbocycles. The molecule has 0 amide bonds. The van der Waals surface area contributed by atoms with Crippen molar-refractivity contribution in [3.8, 4) is 11.5 Å². The predicted octanol–water partition coefficient (Wildman–Crippen LogP) is 9.80. The van der Waals surface area contributed by atoms with Gasteiger partial charge in [0.15, 0.2) is 0 Å². The molecule has 0 bridgehead atoms. The van der Waals surface area contributed by atoms with Crippen LogP contribution in [0.25, 0.3) is 21.5 Å². The molecule has 0 aromatic heterocycles. The molecular formula is C32H46O2. The summed E-state index contributed by atoms with van der Waals surface area (Å²) in [5, 5.41) is 4.70. The Morgan fingerprint density at radius 1 is 0.588 bits per heavy atom. The summed E-state index contributed by atoms with van der Waals surface area (Å²) in [5.41, 5.74) is 2.50. The van der Waals surface area contributed by atoms with Gasteiger partial charge < -0.3 is 9.47 Å². The summed E-state index contributed by atoms with van der Waals surface area (Å²) in [7, 11) is 0. The van der Waals surface area contributed by atoms with Gasteiger partial charge in [-0.25, -0.2) is 0 Å². The summed E-state index contributed by atoms with van der Waals surface area (Å²) < 4.78 is 13.4. The number of unbranched alkanes of at least 4 members (excludes halogenated alkanes) is 2. The van der Waals surface area contributed by atoms with Gasteiger partial charge in [0.25, 0.3) is 0 Å². The number of hydrogen-bond acceptors (Lipinski definition) is 2. The monoisotopic (exact) mass is 462 g/mol. The van der Waals surface area contributed by atoms with Gasteiger partial charge in [-0.15, -0.1) is 0 Å². The maximum Gasteiger partial charge on any atom is 0.135 e. The van der Waals surface area contributed by atoms with E-state index in [0.29, 0.717) is 11.8 Å². The second-order valence-corrected chi connectivity index (χ2v) is 10.2. The maximum absolute atomic E-state index is 6.68. The van der Waals surface area contributed by atoms with Crippen molar-refractivity contribution >= 4 is 21.5 Å². The van der Waals surface area contributed by atoms with E-state index in [9.17, 15) is 0 Å². The van der Waals surface area contributed by atoms with Crippen LogP contribution < -0.4 is 9.47 Å². The molecule has 0 heterocycles. The van der Waals surface area contributed by atoms with Crippen molar-refractivity contribution in [3.63, 3.8) is 0 Å². The van der Waals surface area contributed by atoms with Gasteiger partial charge in [-0.1, -0.05) is 102 Å². The molecule has 34 heavy (non-hydrogen) atoms. The Morgan fingerprint density at radius 3 is 1.35 bits per heavy atom. The molecular weight excluding hydrogens is 416 g/mol. The molecule has 0 fully saturated rings. The van der Waals surface area contributed by atoms with Gasteiger partial charge in [0.05, 0.1) is 13.2 Å². The highest BCUT2D eigenvalue weighted by Crippen LogP contribution is 2.44. The van der Waals surface area contributed by atoms with Crippen LogP contribution in [0.4, 0.5) is 0 Å². The minimum atomic E-state index is 0.597. The van der Waals surface area contributed by atoms with E-state index in [2.05, 4.69) is 77.9 Å². The van der Waals surface area contributed by atoms with E-state index in [-0.39, 0.29) is 0 Å². The summed E-state index contributed by atoms with van der Waals surface area (Å²) in [6.45, 7) is 15.0. The Bertz CT molecular complexity index is 966. The van der Waals surface area contributed by atoms with Gasteiger partial charge in [-0.3, -0.25) is 0 Å². The van der Waals surface area contributed by atoms with Crippen LogP contribution >= 0.6 is 0 Å². The highest BCUT2D eigenvalue weighted by Gasteiger charge is 2.19. The van der Waals surface area contributed by atoms with Gasteiger partial charge in [0.1, 0.15) is 11.5 Å². The molecule has 3 rings (SSSR count). The third kappa shape index (κ3) is 6.46. The fourth-order valence-corrected chi connectivity index (χ4v) is 4.89. The third-order valence-corrected chi connectivity index (χ3v) is 7.34. The number of fused-ring (bicyclic) bond motifs is 2. The highest BCUT2D eigenvalue weighted by molar-refractivity contribution is 6.11. The van der Waals surface area contributed by atoms with Crippen molar-refractivity contribution in [1.82, 2.24) is 0 Å². The van der Waals surface area contributed by atoms with Crippen molar-refractivity contribution in [1.29, 1.82) is 0 Å². The number of aryl methyl sites for hydroxylation is 2. The van der Waals surface area contributed by atoms with Gasteiger partial charge in [0.2, 0.25) is 0 Å². The van der Waals surface area contributed by atoms with Gasteiger partial charge >= 0.3 is 0 Å². The van der Waals surface area contributed by atoms with Gasteiger partial charge in [0, 0.05) is 21.5 Å². The Balaban J connectivity index is 2.06. The minimum absolute atomic E-state index is 0.597. The molecule has 0 saturated heterocycles. The maximum atomic E-state index is 6.68. The zero-order valence-electron chi connectivity index (χ0n) is 22.5. The fraction of sp³-hybridized carbons (Fsp3) is 0.562. The molecule has 0 saturated carbocycles. The summed E-state index contributed by atoms with van der Waals surface area (Å²) in [5.74, 6) is 3.24. The fourth-order valence-electron chi connectivity index (χ4n) is 4.89. The number of rotatable bonds is 14. The first-order valence-electron chi connectivity index (χ1n) is 13.7. The van der Waals surface area contributed by atoms with E-state index in [0.717, 1.165) is 37.6 Å². The molecule has 0 aliphatic heterocycles. The smallest absolute Gasteiger partial charge is 0.135 e. The second-order valence-electron chi connectivity index (χ2n) is 10.2. The Morgan fingerprint density at radius 2 is 1.00 bits per heavy atom. The molecule has 0 N–H and O–H groups in total. The molecule has 0 radical (unpaired) electrons. The van der Waals surface area contributed by atoms with Gasteiger partial charge in [-0.05, 0) is 50.7 Å². The normalized spacial score (nSPS) is 13.4. The number of ether oxygens (including phenoxy) is 2. The van der Waals surface area contributed by atoms with E-state index in [1.54, 1.807) is 0 Å². The van der Waals surface area contributed by atoms with Crippen LogP contribution in [0.3, 0.4) is 0 Å². The van der Waals surface area contributed by atoms with Crippen LogP contribution in [-0.2, 0) is 0 Å². The molecule has 2 nitrogen and oxygen atoms in total. The third-order valence-electron chi connectivity index (χ3n) is 7.34. The molecule has 0 spiro atoms. The van der Waals surface area contributed by atoms with Crippen molar-refractivity contribution in [3.05, 3.63) is 47.5 Å². The molecule has 2 atom stereocenters. The van der Waals surface area contributed by atoms with Crippen LogP contribution in [0.1, 0.15) is 90.2 Å². The lowest BCUT2D eigenvalue weighted by Gasteiger charge is -2.22. The number of benzene rings is 3. The number of hydrogen-bond donors (Lipinski definition) is 0. The average molecular weight is 463 g/mol. The molecule has 0 aliphatic carbocycles. The van der Waals surface area contributed by atoms with Crippen LogP contribution in [0, 0.1) is 25.7 Å². The Hall–Kier alpha value is -2.22. The summed E-state index contributed by atoms with van der Waals surface area (Å²) >= 11 is 0. The van der Waals surface area contributed by atoms with Crippen molar-refractivity contribution < 1.29 is 9.47 Å². The average Bonchev–Trinajstić information content (AvgIpc) is 2.84. The van der Waals surface area contributed by atoms with E-state index < -0.39 is 0 Å². The van der Waals surface area contributed by atoms with Gasteiger partial charge in [-0.2, -0.15) is 0 Å². The van der Waals surface area contributed by atoms with E-state index in [1.807, 2.05) is 0 Å². The quantitative estimate of drug-likeness (QED) is 0.222. The second kappa shape index (κ2) is 13.0. The summed E-state index contributed by atoms with van der Waals surface area (Å²) in [6, 6.07) is 13.4. The van der Waals surface area contributed by atoms with Crippen molar-refractivity contribution in [2.45, 2.75) is 92.9 Å². The molecule has 186 valence electrons. The Kier molecular flexibility index (Phi) is 10.1. The molecule has 2 heteroatoms. The lowest BCUT2D eigenvalue weighted by atomic mass is 9.96. The summed E-state index contributed by atoms with van der Waals surface area (Å²) in [4.78, 5) is 0. The first-order valence-corrected chi connectivity index (χ1v) is 13.7. The lowest BCUT2D eigenvalue weighted by molar-refractivity contribution is 0.234. The van der Waals surface area contributed by atoms with Crippen LogP contribution in [0.15, 0.2) is 36.4 Å². The molecule has 3 aromatic rings. The van der Waals surface area contributed by atoms with Crippen molar-refractivity contribution in [2.75, 3.05) is 13.2 Å². The topological polar surface area (TPSA) is 18.5 Å². The highest BCUT2D eigenvalue weighted by atomic mass is 16.5. The Labute approximate surface area is 208 Å². The van der Waals surface area contributed by atoms with E-state index in [1.165, 1.54) is 71.2 Å². The van der Waals surface area contributed by atoms with E-state index in [4.69, 9.17) is 9.47 Å².